The maximum atomic E-state index is 4.06. The van der Waals surface area contributed by atoms with Crippen LogP contribution in [0.3, 0.4) is 0 Å². The van der Waals surface area contributed by atoms with Gasteiger partial charge in [-0.15, -0.1) is 0 Å². The summed E-state index contributed by atoms with van der Waals surface area (Å²) in [7, 11) is 0. The summed E-state index contributed by atoms with van der Waals surface area (Å²) in [6, 6.07) is 15.1. The largest absolute Gasteiger partial charge is 0.355 e. The van der Waals surface area contributed by atoms with Crippen LogP contribution in [0.5, 0.6) is 0 Å². The molecule has 4 heteroatoms. The Kier molecular flexibility index (Phi) is 3.82. The topological polar surface area (TPSA) is 45.6 Å². The van der Waals surface area contributed by atoms with Crippen molar-refractivity contribution >= 4 is 21.8 Å². The summed E-state index contributed by atoms with van der Waals surface area (Å²) in [5.74, 6) is 0. The number of rotatable bonds is 6. The first-order valence-corrected chi connectivity index (χ1v) is 8.06. The number of benzene rings is 2. The van der Waals surface area contributed by atoms with E-state index in [-0.39, 0.29) is 0 Å². The third kappa shape index (κ3) is 2.98. The summed E-state index contributed by atoms with van der Waals surface area (Å²) in [6.07, 6.45) is 6.80. The monoisotopic (exact) mass is 304 g/mol. The minimum atomic E-state index is 0.902. The van der Waals surface area contributed by atoms with Crippen molar-refractivity contribution in [2.24, 2.45) is 0 Å². The Morgan fingerprint density at radius 2 is 1.96 bits per heavy atom. The van der Waals surface area contributed by atoms with Gasteiger partial charge in [0.05, 0.1) is 6.33 Å². The second kappa shape index (κ2) is 6.26. The molecule has 2 aromatic carbocycles. The lowest BCUT2D eigenvalue weighted by molar-refractivity contribution is 0.581. The van der Waals surface area contributed by atoms with Crippen molar-refractivity contribution < 1.29 is 0 Å². The van der Waals surface area contributed by atoms with Gasteiger partial charge in [-0.25, -0.2) is 4.98 Å². The second-order valence-corrected chi connectivity index (χ2v) is 5.88. The Labute approximate surface area is 135 Å². The lowest BCUT2D eigenvalue weighted by atomic mass is 10.1. The van der Waals surface area contributed by atoms with Gasteiger partial charge in [0, 0.05) is 47.3 Å². The zero-order valence-electron chi connectivity index (χ0n) is 13.0. The van der Waals surface area contributed by atoms with Crippen molar-refractivity contribution in [3.05, 3.63) is 66.7 Å². The summed E-state index contributed by atoms with van der Waals surface area (Å²) in [6.45, 7) is 2.91. The normalized spacial score (nSPS) is 11.5. The number of hydrogen-bond acceptors (Lipinski definition) is 2. The molecule has 4 aromatic rings. The first kappa shape index (κ1) is 14.0. The van der Waals surface area contributed by atoms with E-state index in [1.54, 1.807) is 0 Å². The third-order valence-electron chi connectivity index (χ3n) is 4.23. The van der Waals surface area contributed by atoms with Gasteiger partial charge in [-0.1, -0.05) is 24.3 Å². The molecule has 2 N–H and O–H groups in total. The highest BCUT2D eigenvalue weighted by Crippen LogP contribution is 2.25. The maximum Gasteiger partial charge on any atom is 0.0945 e. The van der Waals surface area contributed by atoms with Crippen LogP contribution in [0.1, 0.15) is 12.0 Å². The number of aryl methyl sites for hydroxylation is 1. The molecule has 0 spiro atoms. The van der Waals surface area contributed by atoms with E-state index in [2.05, 4.69) is 62.3 Å². The minimum Gasteiger partial charge on any atom is -0.355 e. The predicted octanol–water partition coefficient (Wildman–Crippen LogP) is 3.70. The summed E-state index contributed by atoms with van der Waals surface area (Å²) in [5.41, 5.74) is 3.73. The number of aromatic amines is 1. The Morgan fingerprint density at radius 1 is 1.04 bits per heavy atom. The van der Waals surface area contributed by atoms with Crippen molar-refractivity contribution in [3.63, 3.8) is 0 Å². The first-order valence-electron chi connectivity index (χ1n) is 8.06. The van der Waals surface area contributed by atoms with Crippen LogP contribution in [0.4, 0.5) is 0 Å². The Bertz CT molecular complexity index is 906. The number of aromatic nitrogens is 3. The zero-order chi connectivity index (χ0) is 15.5. The van der Waals surface area contributed by atoms with Crippen molar-refractivity contribution in [3.8, 4) is 0 Å². The number of fused-ring (bicyclic) bond motifs is 3. The van der Waals surface area contributed by atoms with Crippen LogP contribution in [0, 0.1) is 0 Å². The van der Waals surface area contributed by atoms with Crippen LogP contribution in [0.2, 0.25) is 0 Å². The number of imidazole rings is 1. The molecule has 0 aliphatic carbocycles. The molecule has 0 saturated heterocycles. The number of hydrogen-bond donors (Lipinski definition) is 2. The Balaban J connectivity index is 1.40. The van der Waals surface area contributed by atoms with Gasteiger partial charge in [0.25, 0.3) is 0 Å². The molecule has 2 aromatic heterocycles. The lowest BCUT2D eigenvalue weighted by Gasteiger charge is -2.06. The molecular formula is C19H20N4. The van der Waals surface area contributed by atoms with Crippen LogP contribution in [0.25, 0.3) is 21.8 Å². The van der Waals surface area contributed by atoms with Crippen molar-refractivity contribution in [1.82, 2.24) is 19.9 Å². The van der Waals surface area contributed by atoms with Gasteiger partial charge in [0.2, 0.25) is 0 Å². The highest BCUT2D eigenvalue weighted by atomic mass is 15.0. The lowest BCUT2D eigenvalue weighted by Crippen LogP contribution is -2.16. The van der Waals surface area contributed by atoms with Crippen molar-refractivity contribution in [2.75, 3.05) is 6.54 Å². The molecule has 0 unspecified atom stereocenters. The number of H-pyrrole nitrogens is 1. The van der Waals surface area contributed by atoms with Gasteiger partial charge in [0.1, 0.15) is 0 Å². The van der Waals surface area contributed by atoms with Crippen molar-refractivity contribution in [1.29, 1.82) is 0 Å². The molecule has 4 rings (SSSR count). The van der Waals surface area contributed by atoms with E-state index in [1.165, 1.54) is 27.4 Å². The fraction of sp³-hybridized carbons (Fsp3) is 0.211. The first-order chi connectivity index (χ1) is 11.4. The standard InChI is InChI=1S/C19H20N4/c1-2-5-18-16(4-1)17-12-15(6-7-19(17)22-18)13-20-8-3-10-23-11-9-21-14-23/h1-2,4-7,9,11-12,14,20,22H,3,8,10,13H2. The molecule has 0 aliphatic heterocycles. The smallest absolute Gasteiger partial charge is 0.0945 e. The van der Waals surface area contributed by atoms with E-state index in [4.69, 9.17) is 0 Å². The summed E-state index contributed by atoms with van der Waals surface area (Å²) in [5, 5.41) is 6.12. The molecule has 23 heavy (non-hydrogen) atoms. The number of para-hydroxylation sites is 1. The molecule has 116 valence electrons. The molecule has 0 bridgehead atoms. The summed E-state index contributed by atoms with van der Waals surface area (Å²) < 4.78 is 2.11. The quantitative estimate of drug-likeness (QED) is 0.534. The molecule has 2 heterocycles. The highest BCUT2D eigenvalue weighted by Gasteiger charge is 2.04. The van der Waals surface area contributed by atoms with Gasteiger partial charge < -0.3 is 14.9 Å². The van der Waals surface area contributed by atoms with Crippen molar-refractivity contribution in [2.45, 2.75) is 19.5 Å². The van der Waals surface area contributed by atoms with Gasteiger partial charge in [0.15, 0.2) is 0 Å². The average Bonchev–Trinajstić information content (AvgIpc) is 3.21. The van der Waals surface area contributed by atoms with Gasteiger partial charge in [-0.05, 0) is 36.7 Å². The SMILES string of the molecule is c1ccc2c(c1)[nH]c1ccc(CNCCCn3ccnc3)cc12. The second-order valence-electron chi connectivity index (χ2n) is 5.88. The van der Waals surface area contributed by atoms with Crippen LogP contribution in [-0.2, 0) is 13.1 Å². The Morgan fingerprint density at radius 3 is 2.87 bits per heavy atom. The van der Waals surface area contributed by atoms with E-state index in [1.807, 2.05) is 18.7 Å². The fourth-order valence-electron chi connectivity index (χ4n) is 3.04. The number of nitrogens with one attached hydrogen (secondary N) is 2. The molecule has 0 amide bonds. The summed E-state index contributed by atoms with van der Waals surface area (Å²) >= 11 is 0. The Hall–Kier alpha value is -2.59. The van der Waals surface area contributed by atoms with E-state index in [9.17, 15) is 0 Å². The molecule has 0 saturated carbocycles. The summed E-state index contributed by atoms with van der Waals surface area (Å²) in [4.78, 5) is 7.53. The van der Waals surface area contributed by atoms with E-state index < -0.39 is 0 Å². The molecular weight excluding hydrogens is 284 g/mol. The highest BCUT2D eigenvalue weighted by molar-refractivity contribution is 6.07. The average molecular weight is 304 g/mol. The van der Waals surface area contributed by atoms with Gasteiger partial charge in [-0.2, -0.15) is 0 Å². The van der Waals surface area contributed by atoms with Gasteiger partial charge in [-0.3, -0.25) is 0 Å². The van der Waals surface area contributed by atoms with Crippen LogP contribution in [-0.4, -0.2) is 21.1 Å². The number of nitrogens with zero attached hydrogens (tertiary/aromatic N) is 2. The molecule has 0 fully saturated rings. The molecule has 0 aliphatic rings. The fourth-order valence-corrected chi connectivity index (χ4v) is 3.04. The molecule has 0 radical (unpaired) electrons. The molecule has 0 atom stereocenters. The third-order valence-corrected chi connectivity index (χ3v) is 4.23. The van der Waals surface area contributed by atoms with Crippen LogP contribution in [0.15, 0.2) is 61.2 Å². The van der Waals surface area contributed by atoms with Crippen LogP contribution < -0.4 is 5.32 Å². The van der Waals surface area contributed by atoms with Crippen LogP contribution >= 0.6 is 0 Å². The minimum absolute atomic E-state index is 0.902. The molecule has 4 nitrogen and oxygen atoms in total. The van der Waals surface area contributed by atoms with E-state index in [0.29, 0.717) is 0 Å². The predicted molar refractivity (Wildman–Crippen MR) is 94.4 cm³/mol. The van der Waals surface area contributed by atoms with E-state index >= 15 is 0 Å². The maximum absolute atomic E-state index is 4.06. The van der Waals surface area contributed by atoms with E-state index in [0.717, 1.165) is 26.1 Å². The van der Waals surface area contributed by atoms with Gasteiger partial charge >= 0.3 is 0 Å². The zero-order valence-corrected chi connectivity index (χ0v) is 13.0.